The van der Waals surface area contributed by atoms with Gasteiger partial charge in [-0.2, -0.15) is 0 Å². The van der Waals surface area contributed by atoms with Crippen LogP contribution in [-0.4, -0.2) is 22.4 Å². The predicted molar refractivity (Wildman–Crippen MR) is 67.0 cm³/mol. The molecule has 1 aliphatic rings. The van der Waals surface area contributed by atoms with Crippen LogP contribution in [0.1, 0.15) is 17.3 Å². The number of benzene rings is 1. The molecule has 3 rings (SSSR count). The van der Waals surface area contributed by atoms with Crippen LogP contribution in [0.3, 0.4) is 0 Å². The number of nitrogens with zero attached hydrogens (tertiary/aromatic N) is 1. The van der Waals surface area contributed by atoms with Gasteiger partial charge in [-0.25, -0.2) is 4.79 Å². The first-order chi connectivity index (χ1) is 9.11. The Labute approximate surface area is 129 Å². The number of hydrogen-bond donors (Lipinski definition) is 1. The van der Waals surface area contributed by atoms with Gasteiger partial charge < -0.3 is 19.1 Å². The van der Waals surface area contributed by atoms with Crippen molar-refractivity contribution in [1.29, 1.82) is 0 Å². The Hall–Kier alpha value is -1.76. The van der Waals surface area contributed by atoms with Gasteiger partial charge in [0.05, 0.1) is 10.9 Å². The van der Waals surface area contributed by atoms with Crippen molar-refractivity contribution in [3.63, 3.8) is 0 Å². The summed E-state index contributed by atoms with van der Waals surface area (Å²) in [6, 6.07) is 3.24. The zero-order valence-electron chi connectivity index (χ0n) is 10.5. The molecule has 20 heavy (non-hydrogen) atoms. The summed E-state index contributed by atoms with van der Waals surface area (Å²) in [5, 5.41) is 9.39. The maximum absolute atomic E-state index is 12.1. The molecule has 0 amide bonds. The number of aromatic carboxylic acids is 1. The van der Waals surface area contributed by atoms with Crippen LogP contribution in [0.5, 0.6) is 11.5 Å². The van der Waals surface area contributed by atoms with Crippen LogP contribution in [0.25, 0.3) is 10.9 Å². The Balaban J connectivity index is 0.00000147. The first-order valence-electron chi connectivity index (χ1n) is 5.82. The normalized spacial score (nSPS) is 12.2. The summed E-state index contributed by atoms with van der Waals surface area (Å²) >= 11 is 0. The number of aromatic nitrogens is 1. The smallest absolute Gasteiger partial charge is 0.341 e. The second kappa shape index (κ2) is 5.32. The van der Waals surface area contributed by atoms with Gasteiger partial charge in [0, 0.05) is 41.2 Å². The second-order valence-electron chi connectivity index (χ2n) is 4.19. The number of aryl methyl sites for hydroxylation is 1. The molecule has 2 heterocycles. The first kappa shape index (κ1) is 14.6. The third-order valence-corrected chi connectivity index (χ3v) is 3.15. The fourth-order valence-corrected chi connectivity index (χ4v) is 2.19. The Bertz CT molecular complexity index is 752. The zero-order chi connectivity index (χ0) is 13.6. The van der Waals surface area contributed by atoms with Crippen LogP contribution in [0.4, 0.5) is 0 Å². The van der Waals surface area contributed by atoms with E-state index in [0.29, 0.717) is 28.9 Å². The largest absolute Gasteiger partial charge is 0.477 e. The van der Waals surface area contributed by atoms with Crippen LogP contribution in [-0.2, 0) is 28.9 Å². The summed E-state index contributed by atoms with van der Waals surface area (Å²) in [4.78, 5) is 23.2. The molecule has 1 aliphatic heterocycles. The van der Waals surface area contributed by atoms with Crippen molar-refractivity contribution in [2.75, 3.05) is 6.79 Å². The Morgan fingerprint density at radius 1 is 1.35 bits per heavy atom. The van der Waals surface area contributed by atoms with Gasteiger partial charge in [-0.15, -0.1) is 0 Å². The van der Waals surface area contributed by atoms with E-state index in [1.54, 1.807) is 16.7 Å². The number of carboxylic acid groups (broad SMARTS) is 1. The number of hydrogen-bond acceptors (Lipinski definition) is 4. The van der Waals surface area contributed by atoms with Gasteiger partial charge in [-0.05, 0) is 13.0 Å². The number of carbonyl (C=O) groups is 1. The minimum absolute atomic E-state index is 0. The number of fused-ring (bicyclic) bond motifs is 2. The SMILES string of the molecule is CCn1cc(C(=O)O)c(=O)c2cc3c(cc21)OCO3.[Au]. The molecule has 1 radical (unpaired) electrons. The molecule has 0 atom stereocenters. The van der Waals surface area contributed by atoms with Gasteiger partial charge in [0.25, 0.3) is 0 Å². The van der Waals surface area contributed by atoms with Gasteiger partial charge in [-0.1, -0.05) is 0 Å². The molecule has 2 aromatic rings. The van der Waals surface area contributed by atoms with Gasteiger partial charge in [0.15, 0.2) is 11.5 Å². The summed E-state index contributed by atoms with van der Waals surface area (Å²) in [6.45, 7) is 2.54. The molecule has 0 saturated heterocycles. The van der Waals surface area contributed by atoms with Crippen molar-refractivity contribution >= 4 is 16.9 Å². The molecule has 1 aromatic heterocycles. The van der Waals surface area contributed by atoms with Crippen LogP contribution in [0.15, 0.2) is 23.1 Å². The molecular formula is C13H11AuNO5. The van der Waals surface area contributed by atoms with E-state index in [0.717, 1.165) is 0 Å². The van der Waals surface area contributed by atoms with E-state index in [4.69, 9.17) is 14.6 Å². The Morgan fingerprint density at radius 3 is 2.60 bits per heavy atom. The third kappa shape index (κ3) is 2.11. The van der Waals surface area contributed by atoms with E-state index >= 15 is 0 Å². The number of carboxylic acids is 1. The fraction of sp³-hybridized carbons (Fsp3) is 0.231. The Morgan fingerprint density at radius 2 is 2.00 bits per heavy atom. The molecule has 109 valence electrons. The monoisotopic (exact) mass is 458 g/mol. The second-order valence-corrected chi connectivity index (χ2v) is 4.19. The third-order valence-electron chi connectivity index (χ3n) is 3.15. The molecule has 0 unspecified atom stereocenters. The van der Waals surface area contributed by atoms with Gasteiger partial charge in [0.2, 0.25) is 12.2 Å². The summed E-state index contributed by atoms with van der Waals surface area (Å²) in [7, 11) is 0. The van der Waals surface area contributed by atoms with Crippen LogP contribution >= 0.6 is 0 Å². The minimum atomic E-state index is -1.23. The van der Waals surface area contributed by atoms with Crippen LogP contribution < -0.4 is 14.9 Å². The fourth-order valence-electron chi connectivity index (χ4n) is 2.19. The van der Waals surface area contributed by atoms with E-state index in [9.17, 15) is 9.59 Å². The molecule has 1 aromatic carbocycles. The van der Waals surface area contributed by atoms with E-state index in [1.165, 1.54) is 6.20 Å². The maximum atomic E-state index is 12.1. The molecule has 6 nitrogen and oxygen atoms in total. The van der Waals surface area contributed by atoms with Crippen molar-refractivity contribution in [2.24, 2.45) is 0 Å². The summed E-state index contributed by atoms with van der Waals surface area (Å²) in [6.07, 6.45) is 1.36. The topological polar surface area (TPSA) is 77.8 Å². The molecule has 0 spiro atoms. The molecular weight excluding hydrogens is 447 g/mol. The zero-order valence-corrected chi connectivity index (χ0v) is 12.6. The van der Waals surface area contributed by atoms with E-state index in [2.05, 4.69) is 0 Å². The molecule has 0 aliphatic carbocycles. The number of rotatable bonds is 2. The standard InChI is InChI=1S/C13H11NO5.Au/c1-2-14-5-8(13(16)17)12(15)7-3-10-11(4-9(7)14)19-6-18-10;/h3-5H,2,6H2,1H3,(H,16,17);. The molecule has 0 fully saturated rings. The van der Waals surface area contributed by atoms with Crippen LogP contribution in [0, 0.1) is 0 Å². The predicted octanol–water partition coefficient (Wildman–Crippen LogP) is 1.45. The first-order valence-corrected chi connectivity index (χ1v) is 5.82. The number of ether oxygens (including phenoxy) is 2. The van der Waals surface area contributed by atoms with E-state index < -0.39 is 11.4 Å². The molecule has 0 bridgehead atoms. The van der Waals surface area contributed by atoms with E-state index in [1.807, 2.05) is 6.92 Å². The van der Waals surface area contributed by atoms with Crippen molar-refractivity contribution < 1.29 is 41.8 Å². The summed E-state index contributed by atoms with van der Waals surface area (Å²) in [5.74, 6) is -0.196. The molecule has 7 heteroatoms. The average Bonchev–Trinajstić information content (AvgIpc) is 2.84. The van der Waals surface area contributed by atoms with Gasteiger partial charge >= 0.3 is 5.97 Å². The van der Waals surface area contributed by atoms with Crippen molar-refractivity contribution in [1.82, 2.24) is 4.57 Å². The van der Waals surface area contributed by atoms with Gasteiger partial charge in [0.1, 0.15) is 5.56 Å². The van der Waals surface area contributed by atoms with Crippen LogP contribution in [0.2, 0.25) is 0 Å². The summed E-state index contributed by atoms with van der Waals surface area (Å²) < 4.78 is 12.2. The van der Waals surface area contributed by atoms with E-state index in [-0.39, 0.29) is 34.7 Å². The van der Waals surface area contributed by atoms with Gasteiger partial charge in [-0.3, -0.25) is 4.79 Å². The van der Waals surface area contributed by atoms with Crippen molar-refractivity contribution in [3.05, 3.63) is 34.1 Å². The number of pyridine rings is 1. The Kier molecular flexibility index (Phi) is 3.89. The van der Waals surface area contributed by atoms with Crippen molar-refractivity contribution in [2.45, 2.75) is 13.5 Å². The molecule has 0 saturated carbocycles. The quantitative estimate of drug-likeness (QED) is 0.690. The average molecular weight is 458 g/mol. The van der Waals surface area contributed by atoms with Crippen molar-refractivity contribution in [3.8, 4) is 11.5 Å². The minimum Gasteiger partial charge on any atom is -0.477 e. The molecule has 1 N–H and O–H groups in total. The summed E-state index contributed by atoms with van der Waals surface area (Å²) in [5.41, 5.74) is -0.111. The maximum Gasteiger partial charge on any atom is 0.341 e.